The van der Waals surface area contributed by atoms with Gasteiger partial charge < -0.3 is 5.32 Å². The molecule has 1 aromatic carbocycles. The average molecular weight is 382 g/mol. The van der Waals surface area contributed by atoms with Crippen LogP contribution in [0.25, 0.3) is 10.4 Å². The molecule has 6 heteroatoms. The van der Waals surface area contributed by atoms with E-state index in [-0.39, 0.29) is 5.91 Å². The lowest BCUT2D eigenvalue weighted by Gasteiger charge is -2.08. The van der Waals surface area contributed by atoms with Crippen LogP contribution in [-0.2, 0) is 16.4 Å². The highest BCUT2D eigenvalue weighted by molar-refractivity contribution is 7.17. The average Bonchev–Trinajstić information content (AvgIpc) is 3.15. The number of thiophene rings is 1. The highest BCUT2D eigenvalue weighted by Gasteiger charge is 2.13. The third-order valence-electron chi connectivity index (χ3n) is 4.09. The minimum absolute atomic E-state index is 0.117. The smallest absolute Gasteiger partial charge is 0.265 e. The standard InChI is InChI=1S/C21H22N2O3S/c1-4-25-26-13-16-6-5-14(2)17(11-16)19-7-8-20(27-19)21(24)23-18-9-10-22-12-15(18)3/h5-12H,4,13H2,1-3H3,(H,22,23,24). The number of rotatable bonds is 7. The molecule has 0 radical (unpaired) electrons. The van der Waals surface area contributed by atoms with Crippen molar-refractivity contribution in [2.75, 3.05) is 11.9 Å². The highest BCUT2D eigenvalue weighted by Crippen LogP contribution is 2.32. The first-order valence-electron chi connectivity index (χ1n) is 8.74. The molecule has 0 unspecified atom stereocenters. The van der Waals surface area contributed by atoms with Crippen LogP contribution in [0.15, 0.2) is 48.8 Å². The molecule has 2 aromatic heterocycles. The summed E-state index contributed by atoms with van der Waals surface area (Å²) in [6.45, 7) is 6.76. The second kappa shape index (κ2) is 8.90. The Balaban J connectivity index is 1.78. The molecular weight excluding hydrogens is 360 g/mol. The molecule has 1 amide bonds. The minimum atomic E-state index is -0.117. The molecule has 3 aromatic rings. The summed E-state index contributed by atoms with van der Waals surface area (Å²) >= 11 is 1.47. The van der Waals surface area contributed by atoms with Crippen LogP contribution in [-0.4, -0.2) is 17.5 Å². The van der Waals surface area contributed by atoms with Gasteiger partial charge in [-0.25, -0.2) is 9.78 Å². The quantitative estimate of drug-likeness (QED) is 0.349. The predicted octanol–water partition coefficient (Wildman–Crippen LogP) is 5.15. The van der Waals surface area contributed by atoms with Crippen molar-refractivity contribution in [3.8, 4) is 10.4 Å². The predicted molar refractivity (Wildman–Crippen MR) is 108 cm³/mol. The van der Waals surface area contributed by atoms with Gasteiger partial charge in [0.25, 0.3) is 5.91 Å². The zero-order valence-corrected chi connectivity index (χ0v) is 16.4. The van der Waals surface area contributed by atoms with Gasteiger partial charge in [0.1, 0.15) is 6.61 Å². The molecule has 0 saturated carbocycles. The van der Waals surface area contributed by atoms with Crippen molar-refractivity contribution < 1.29 is 14.6 Å². The lowest BCUT2D eigenvalue weighted by atomic mass is 10.0. The van der Waals surface area contributed by atoms with Gasteiger partial charge in [0.15, 0.2) is 0 Å². The first-order chi connectivity index (χ1) is 13.1. The van der Waals surface area contributed by atoms with Crippen LogP contribution in [0.3, 0.4) is 0 Å². The van der Waals surface area contributed by atoms with Crippen molar-refractivity contribution in [2.24, 2.45) is 0 Å². The highest BCUT2D eigenvalue weighted by atomic mass is 32.1. The maximum Gasteiger partial charge on any atom is 0.265 e. The molecule has 5 nitrogen and oxygen atoms in total. The van der Waals surface area contributed by atoms with Crippen molar-refractivity contribution >= 4 is 22.9 Å². The molecule has 0 fully saturated rings. The summed E-state index contributed by atoms with van der Waals surface area (Å²) in [5, 5.41) is 2.95. The molecule has 0 atom stereocenters. The molecular formula is C21H22N2O3S. The van der Waals surface area contributed by atoms with Gasteiger partial charge >= 0.3 is 0 Å². The van der Waals surface area contributed by atoms with E-state index in [0.717, 1.165) is 32.8 Å². The topological polar surface area (TPSA) is 60.5 Å². The summed E-state index contributed by atoms with van der Waals surface area (Å²) in [7, 11) is 0. The minimum Gasteiger partial charge on any atom is -0.321 e. The molecule has 3 rings (SSSR count). The van der Waals surface area contributed by atoms with Crippen LogP contribution in [0.1, 0.15) is 33.3 Å². The summed E-state index contributed by atoms with van der Waals surface area (Å²) in [6.07, 6.45) is 3.40. The van der Waals surface area contributed by atoms with Gasteiger partial charge in [-0.1, -0.05) is 12.1 Å². The van der Waals surface area contributed by atoms with Crippen LogP contribution >= 0.6 is 11.3 Å². The number of carbonyl (C=O) groups excluding carboxylic acids is 1. The normalized spacial score (nSPS) is 10.8. The van der Waals surface area contributed by atoms with Crippen molar-refractivity contribution in [3.63, 3.8) is 0 Å². The van der Waals surface area contributed by atoms with E-state index < -0.39 is 0 Å². The number of hydrogen-bond acceptors (Lipinski definition) is 5. The number of amides is 1. The van der Waals surface area contributed by atoms with Crippen molar-refractivity contribution in [2.45, 2.75) is 27.4 Å². The number of nitrogens with one attached hydrogen (secondary N) is 1. The van der Waals surface area contributed by atoms with E-state index in [9.17, 15) is 4.79 Å². The van der Waals surface area contributed by atoms with Gasteiger partial charge in [-0.05, 0) is 67.3 Å². The van der Waals surface area contributed by atoms with E-state index in [2.05, 4.69) is 29.4 Å². The molecule has 27 heavy (non-hydrogen) atoms. The molecule has 0 bridgehead atoms. The van der Waals surface area contributed by atoms with Crippen LogP contribution in [0.2, 0.25) is 0 Å². The summed E-state index contributed by atoms with van der Waals surface area (Å²) in [5.41, 5.74) is 4.97. The van der Waals surface area contributed by atoms with Gasteiger partial charge in [-0.15, -0.1) is 11.3 Å². The molecule has 0 aliphatic carbocycles. The lowest BCUT2D eigenvalue weighted by molar-refractivity contribution is -0.300. The number of aromatic nitrogens is 1. The van der Waals surface area contributed by atoms with Crippen LogP contribution in [0, 0.1) is 13.8 Å². The van der Waals surface area contributed by atoms with Crippen molar-refractivity contribution in [1.29, 1.82) is 0 Å². The number of carbonyl (C=O) groups is 1. The fourth-order valence-corrected chi connectivity index (χ4v) is 3.60. The van der Waals surface area contributed by atoms with Gasteiger partial charge in [-0.3, -0.25) is 9.78 Å². The zero-order chi connectivity index (χ0) is 19.2. The largest absolute Gasteiger partial charge is 0.321 e. The summed E-state index contributed by atoms with van der Waals surface area (Å²) in [6, 6.07) is 11.8. The molecule has 2 heterocycles. The summed E-state index contributed by atoms with van der Waals surface area (Å²) in [5.74, 6) is -0.117. The second-order valence-corrected chi connectivity index (χ2v) is 7.21. The van der Waals surface area contributed by atoms with E-state index >= 15 is 0 Å². The van der Waals surface area contributed by atoms with E-state index in [4.69, 9.17) is 9.78 Å². The van der Waals surface area contributed by atoms with Crippen LogP contribution < -0.4 is 5.32 Å². The van der Waals surface area contributed by atoms with Gasteiger partial charge in [0, 0.05) is 23.0 Å². The Morgan fingerprint density at radius 3 is 2.74 bits per heavy atom. The number of hydrogen-bond donors (Lipinski definition) is 1. The van der Waals surface area contributed by atoms with Crippen LogP contribution in [0.5, 0.6) is 0 Å². The fourth-order valence-electron chi connectivity index (χ4n) is 2.62. The Labute approximate surface area is 162 Å². The van der Waals surface area contributed by atoms with E-state index in [1.807, 2.05) is 32.0 Å². The first-order valence-corrected chi connectivity index (χ1v) is 9.56. The third kappa shape index (κ3) is 4.80. The summed E-state index contributed by atoms with van der Waals surface area (Å²) in [4.78, 5) is 28.4. The summed E-state index contributed by atoms with van der Waals surface area (Å²) < 4.78 is 0. The van der Waals surface area contributed by atoms with Crippen molar-refractivity contribution in [3.05, 3.63) is 70.4 Å². The second-order valence-electron chi connectivity index (χ2n) is 6.13. The monoisotopic (exact) mass is 382 g/mol. The lowest BCUT2D eigenvalue weighted by Crippen LogP contribution is -2.11. The maximum atomic E-state index is 12.6. The van der Waals surface area contributed by atoms with Gasteiger partial charge in [0.2, 0.25) is 0 Å². The Morgan fingerprint density at radius 2 is 1.96 bits per heavy atom. The Kier molecular flexibility index (Phi) is 6.34. The number of aryl methyl sites for hydroxylation is 2. The number of nitrogens with zero attached hydrogens (tertiary/aromatic N) is 1. The molecule has 140 valence electrons. The molecule has 0 spiro atoms. The van der Waals surface area contributed by atoms with Gasteiger partial charge in [0.05, 0.1) is 11.5 Å². The number of benzene rings is 1. The fraction of sp³-hybridized carbons (Fsp3) is 0.238. The molecule has 0 aliphatic rings. The Hall–Kier alpha value is -2.54. The number of pyridine rings is 1. The maximum absolute atomic E-state index is 12.6. The zero-order valence-electron chi connectivity index (χ0n) is 15.6. The van der Waals surface area contributed by atoms with E-state index in [1.165, 1.54) is 11.3 Å². The molecule has 0 saturated heterocycles. The Bertz CT molecular complexity index is 937. The number of anilines is 1. The van der Waals surface area contributed by atoms with E-state index in [0.29, 0.717) is 18.1 Å². The molecule has 1 N–H and O–H groups in total. The first kappa shape index (κ1) is 19.2. The van der Waals surface area contributed by atoms with Crippen molar-refractivity contribution in [1.82, 2.24) is 4.98 Å². The Morgan fingerprint density at radius 1 is 1.11 bits per heavy atom. The third-order valence-corrected chi connectivity index (χ3v) is 5.21. The van der Waals surface area contributed by atoms with Crippen LogP contribution in [0.4, 0.5) is 5.69 Å². The van der Waals surface area contributed by atoms with E-state index in [1.54, 1.807) is 18.5 Å². The SMILES string of the molecule is CCOOCc1ccc(C)c(-c2ccc(C(=O)Nc3ccncc3C)s2)c1. The molecule has 0 aliphatic heterocycles. The van der Waals surface area contributed by atoms with Gasteiger partial charge in [-0.2, -0.15) is 0 Å².